The number of ketones is 1. The highest BCUT2D eigenvalue weighted by Crippen LogP contribution is 2.22. The minimum Gasteiger partial charge on any atom is -0.345 e. The Bertz CT molecular complexity index is 1630. The maximum absolute atomic E-state index is 13.3. The lowest BCUT2D eigenvalue weighted by molar-refractivity contribution is -0.125. The van der Waals surface area contributed by atoms with Crippen LogP contribution in [0, 0.1) is 0 Å². The molecule has 5 rings (SSSR count). The fourth-order valence-electron chi connectivity index (χ4n) is 4.25. The van der Waals surface area contributed by atoms with Crippen molar-refractivity contribution < 1.29 is 9.59 Å². The van der Waals surface area contributed by atoms with Crippen LogP contribution in [0.15, 0.2) is 94.9 Å². The van der Waals surface area contributed by atoms with Crippen molar-refractivity contribution in [3.8, 4) is 0 Å². The standard InChI is InChI=1S/C28H25N5O3S/c1-19(34)23(16-20-10-4-2-5-11-20)29-25(35)18-37-28-31-30-27-32(17-21-12-6-3-7-13-21)26(36)22-14-8-9-15-24(22)33(27)28/h2-15,23H,16-18H2,1H3,(H,29,35)/t23-/m1/s1. The van der Waals surface area contributed by atoms with Crippen LogP contribution in [0.2, 0.25) is 0 Å². The Hall–Kier alpha value is -4.24. The molecule has 0 spiro atoms. The third-order valence-electron chi connectivity index (χ3n) is 6.10. The molecular weight excluding hydrogens is 486 g/mol. The maximum Gasteiger partial charge on any atom is 0.263 e. The largest absolute Gasteiger partial charge is 0.345 e. The van der Waals surface area contributed by atoms with E-state index in [1.165, 1.54) is 18.7 Å². The molecule has 3 aromatic carbocycles. The van der Waals surface area contributed by atoms with Crippen molar-refractivity contribution >= 4 is 40.1 Å². The molecule has 2 aromatic heterocycles. The number of para-hydroxylation sites is 1. The molecule has 1 amide bonds. The topological polar surface area (TPSA) is 98.4 Å². The van der Waals surface area contributed by atoms with Crippen LogP contribution >= 0.6 is 11.8 Å². The Morgan fingerprint density at radius 3 is 2.24 bits per heavy atom. The first-order chi connectivity index (χ1) is 18.0. The van der Waals surface area contributed by atoms with E-state index in [2.05, 4.69) is 15.5 Å². The fraction of sp³-hybridized carbons (Fsp3) is 0.179. The summed E-state index contributed by atoms with van der Waals surface area (Å²) < 4.78 is 3.41. The number of benzene rings is 3. The molecule has 186 valence electrons. The number of hydrogen-bond donors (Lipinski definition) is 1. The highest BCUT2D eigenvalue weighted by atomic mass is 32.2. The predicted octanol–water partition coefficient (Wildman–Crippen LogP) is 3.50. The number of Topliss-reactive ketones (excluding diaryl/α,β-unsaturated/α-hetero) is 1. The van der Waals surface area contributed by atoms with E-state index in [-0.39, 0.29) is 23.0 Å². The van der Waals surface area contributed by atoms with E-state index in [0.29, 0.717) is 34.8 Å². The lowest BCUT2D eigenvalue weighted by Gasteiger charge is -2.16. The number of hydrogen-bond acceptors (Lipinski definition) is 6. The Morgan fingerprint density at radius 1 is 0.892 bits per heavy atom. The highest BCUT2D eigenvalue weighted by molar-refractivity contribution is 7.99. The molecule has 0 aliphatic heterocycles. The number of carbonyl (C=O) groups excluding carboxylic acids is 2. The molecule has 0 aliphatic rings. The van der Waals surface area contributed by atoms with Gasteiger partial charge in [0.25, 0.3) is 5.56 Å². The van der Waals surface area contributed by atoms with Crippen molar-refractivity contribution in [2.45, 2.75) is 31.1 Å². The summed E-state index contributed by atoms with van der Waals surface area (Å²) in [5.74, 6) is 0.0675. The van der Waals surface area contributed by atoms with Gasteiger partial charge in [0.1, 0.15) is 0 Å². The minimum atomic E-state index is -0.609. The van der Waals surface area contributed by atoms with E-state index in [9.17, 15) is 14.4 Å². The Balaban J connectivity index is 1.41. The molecule has 9 heteroatoms. The Labute approximate surface area is 217 Å². The first-order valence-electron chi connectivity index (χ1n) is 11.9. The predicted molar refractivity (Wildman–Crippen MR) is 144 cm³/mol. The molecule has 8 nitrogen and oxygen atoms in total. The Morgan fingerprint density at radius 2 is 1.54 bits per heavy atom. The molecule has 0 bridgehead atoms. The second kappa shape index (κ2) is 10.8. The van der Waals surface area contributed by atoms with Crippen LogP contribution in [0.4, 0.5) is 0 Å². The van der Waals surface area contributed by atoms with Crippen molar-refractivity contribution in [1.29, 1.82) is 0 Å². The van der Waals surface area contributed by atoms with Gasteiger partial charge in [-0.05, 0) is 36.6 Å². The van der Waals surface area contributed by atoms with E-state index in [1.54, 1.807) is 10.6 Å². The number of aromatic nitrogens is 4. The zero-order valence-corrected chi connectivity index (χ0v) is 21.0. The molecule has 0 saturated carbocycles. The molecule has 0 radical (unpaired) electrons. The average molecular weight is 512 g/mol. The van der Waals surface area contributed by atoms with E-state index in [1.807, 2.05) is 83.3 Å². The molecule has 0 saturated heterocycles. The first-order valence-corrected chi connectivity index (χ1v) is 12.9. The summed E-state index contributed by atoms with van der Waals surface area (Å²) in [6.45, 7) is 1.82. The second-order valence-corrected chi connectivity index (χ2v) is 9.66. The third-order valence-corrected chi connectivity index (χ3v) is 7.03. The molecule has 5 aromatic rings. The molecule has 0 unspecified atom stereocenters. The van der Waals surface area contributed by atoms with Gasteiger partial charge in [-0.25, -0.2) is 0 Å². The number of nitrogens with one attached hydrogen (secondary N) is 1. The second-order valence-electron chi connectivity index (χ2n) is 8.72. The fourth-order valence-corrected chi connectivity index (χ4v) is 5.00. The molecule has 0 aliphatic carbocycles. The molecule has 2 heterocycles. The molecule has 0 fully saturated rings. The number of rotatable bonds is 9. The van der Waals surface area contributed by atoms with Crippen molar-refractivity contribution in [2.24, 2.45) is 0 Å². The van der Waals surface area contributed by atoms with E-state index in [0.717, 1.165) is 11.1 Å². The number of nitrogens with zero attached hydrogens (tertiary/aromatic N) is 4. The quantitative estimate of drug-likeness (QED) is 0.304. The lowest BCUT2D eigenvalue weighted by Crippen LogP contribution is -2.42. The van der Waals surface area contributed by atoms with Crippen LogP contribution in [0.3, 0.4) is 0 Å². The molecule has 37 heavy (non-hydrogen) atoms. The maximum atomic E-state index is 13.3. The smallest absolute Gasteiger partial charge is 0.263 e. The normalized spacial score (nSPS) is 12.0. The summed E-state index contributed by atoms with van der Waals surface area (Å²) in [6, 6.07) is 25.9. The molecule has 1 N–H and O–H groups in total. The molecular formula is C28H25N5O3S. The number of thioether (sulfide) groups is 1. The van der Waals surface area contributed by atoms with Crippen LogP contribution in [0.25, 0.3) is 16.7 Å². The van der Waals surface area contributed by atoms with Crippen molar-refractivity contribution in [3.63, 3.8) is 0 Å². The number of carbonyl (C=O) groups is 2. The van der Waals surface area contributed by atoms with Crippen LogP contribution in [-0.2, 0) is 22.6 Å². The van der Waals surface area contributed by atoms with Gasteiger partial charge in [0.2, 0.25) is 11.7 Å². The van der Waals surface area contributed by atoms with Crippen molar-refractivity contribution in [2.75, 3.05) is 5.75 Å². The number of amides is 1. The zero-order valence-electron chi connectivity index (χ0n) is 20.2. The van der Waals surface area contributed by atoms with Gasteiger partial charge in [0.15, 0.2) is 10.9 Å². The Kier molecular flexibility index (Phi) is 7.14. The van der Waals surface area contributed by atoms with Gasteiger partial charge in [-0.3, -0.25) is 23.4 Å². The lowest BCUT2D eigenvalue weighted by atomic mass is 10.0. The zero-order chi connectivity index (χ0) is 25.8. The summed E-state index contributed by atoms with van der Waals surface area (Å²) in [5.41, 5.74) is 2.46. The summed E-state index contributed by atoms with van der Waals surface area (Å²) in [6.07, 6.45) is 0.427. The third kappa shape index (κ3) is 5.31. The van der Waals surface area contributed by atoms with Gasteiger partial charge in [0.05, 0.1) is 29.2 Å². The number of fused-ring (bicyclic) bond motifs is 3. The van der Waals surface area contributed by atoms with Crippen molar-refractivity contribution in [1.82, 2.24) is 24.5 Å². The van der Waals surface area contributed by atoms with E-state index in [4.69, 9.17) is 0 Å². The van der Waals surface area contributed by atoms with Gasteiger partial charge in [-0.1, -0.05) is 84.6 Å². The molecule has 1 atom stereocenters. The van der Waals surface area contributed by atoms with Gasteiger partial charge in [-0.2, -0.15) is 0 Å². The van der Waals surface area contributed by atoms with E-state index >= 15 is 0 Å². The van der Waals surface area contributed by atoms with E-state index < -0.39 is 6.04 Å². The first kappa shape index (κ1) is 24.5. The van der Waals surface area contributed by atoms with Crippen LogP contribution in [0.5, 0.6) is 0 Å². The van der Waals surface area contributed by atoms with Gasteiger partial charge >= 0.3 is 0 Å². The summed E-state index contributed by atoms with van der Waals surface area (Å²) in [4.78, 5) is 38.3. The average Bonchev–Trinajstić information content (AvgIpc) is 3.35. The van der Waals surface area contributed by atoms with Gasteiger partial charge in [0, 0.05) is 0 Å². The van der Waals surface area contributed by atoms with Crippen molar-refractivity contribution in [3.05, 3.63) is 106 Å². The summed E-state index contributed by atoms with van der Waals surface area (Å²) in [5, 5.41) is 12.5. The van der Waals surface area contributed by atoms with Gasteiger partial charge < -0.3 is 5.32 Å². The highest BCUT2D eigenvalue weighted by Gasteiger charge is 2.20. The summed E-state index contributed by atoms with van der Waals surface area (Å²) >= 11 is 1.21. The van der Waals surface area contributed by atoms with Crippen LogP contribution < -0.4 is 10.9 Å². The van der Waals surface area contributed by atoms with Crippen LogP contribution in [0.1, 0.15) is 18.1 Å². The van der Waals surface area contributed by atoms with Gasteiger partial charge in [-0.15, -0.1) is 10.2 Å². The monoisotopic (exact) mass is 511 g/mol. The summed E-state index contributed by atoms with van der Waals surface area (Å²) in [7, 11) is 0. The van der Waals surface area contributed by atoms with Crippen LogP contribution in [-0.4, -0.2) is 42.7 Å². The SMILES string of the molecule is CC(=O)[C@@H](Cc1ccccc1)NC(=O)CSc1nnc2n(Cc3ccccc3)c(=O)c3ccccc3n12. The minimum absolute atomic E-state index is 0.0471.